The smallest absolute Gasteiger partial charge is 0.418 e. The van der Waals surface area contributed by atoms with Gasteiger partial charge < -0.3 is 24.0 Å². The molecule has 0 unspecified atom stereocenters. The van der Waals surface area contributed by atoms with Crippen LogP contribution < -0.4 is 24.0 Å². The summed E-state index contributed by atoms with van der Waals surface area (Å²) in [6, 6.07) is 18.3. The zero-order valence-electron chi connectivity index (χ0n) is 28.3. The monoisotopic (exact) mass is 738 g/mol. The predicted molar refractivity (Wildman–Crippen MR) is 186 cm³/mol. The first-order valence-corrected chi connectivity index (χ1v) is 16.5. The Kier molecular flexibility index (Phi) is 10.5. The van der Waals surface area contributed by atoms with Gasteiger partial charge in [0.1, 0.15) is 22.8 Å². The Bertz CT molecular complexity index is 2070. The van der Waals surface area contributed by atoms with Gasteiger partial charge in [0.05, 0.1) is 49.2 Å². The number of pyridine rings is 1. The van der Waals surface area contributed by atoms with Crippen LogP contribution in [0.4, 0.5) is 33.6 Å². The second-order valence-electron chi connectivity index (χ2n) is 12.1. The van der Waals surface area contributed by atoms with Gasteiger partial charge in [0.2, 0.25) is 0 Å². The Morgan fingerprint density at radius 1 is 0.865 bits per heavy atom. The third-order valence-corrected chi connectivity index (χ3v) is 9.21. The van der Waals surface area contributed by atoms with E-state index in [2.05, 4.69) is 21.0 Å². The Balaban J connectivity index is 1.53. The number of alkyl halides is 3. The van der Waals surface area contributed by atoms with Gasteiger partial charge in [-0.2, -0.15) is 32.8 Å². The quantitative estimate of drug-likeness (QED) is 0.103. The normalized spacial score (nSPS) is 13.6. The van der Waals surface area contributed by atoms with Crippen LogP contribution in [-0.2, 0) is 19.3 Å². The number of hydrogen-bond donors (Lipinski definition) is 0. The van der Waals surface area contributed by atoms with E-state index < -0.39 is 45.4 Å². The standard InChI is InChI=1S/C37H32ClF5N6O3/c1-50-24-8-4-22(5-9-24)19-49(20-23-6-10-25(51-2)11-7-23)35-29(52-3)17-27(37(41,42)43)33(45-35)30-28(38)16-26-32(31(30)39)46-36(40)47-34(26)48-14-12-21(18-44)13-15-48/h4-11,16-17,21H,12-15,19-20H2,1-3H3. The van der Waals surface area contributed by atoms with Crippen molar-refractivity contribution in [3.8, 4) is 34.6 Å². The molecule has 6 rings (SSSR count). The number of rotatable bonds is 10. The maximum absolute atomic E-state index is 16.7. The molecule has 15 heteroatoms. The van der Waals surface area contributed by atoms with Gasteiger partial charge in [-0.15, -0.1) is 0 Å². The number of nitrogens with zero attached hydrogens (tertiary/aromatic N) is 6. The van der Waals surface area contributed by atoms with Crippen molar-refractivity contribution in [3.63, 3.8) is 0 Å². The average Bonchev–Trinajstić information content (AvgIpc) is 3.14. The number of hydrogen-bond acceptors (Lipinski definition) is 9. The predicted octanol–water partition coefficient (Wildman–Crippen LogP) is 8.61. The fourth-order valence-electron chi connectivity index (χ4n) is 6.21. The molecule has 0 bridgehead atoms. The number of nitriles is 1. The molecule has 9 nitrogen and oxygen atoms in total. The molecule has 0 aliphatic carbocycles. The summed E-state index contributed by atoms with van der Waals surface area (Å²) in [5.74, 6) is -0.539. The van der Waals surface area contributed by atoms with Gasteiger partial charge in [-0.3, -0.25) is 0 Å². The molecule has 5 aromatic rings. The first-order chi connectivity index (χ1) is 24.9. The Labute approximate surface area is 301 Å². The molecule has 0 saturated carbocycles. The van der Waals surface area contributed by atoms with Crippen molar-refractivity contribution in [3.05, 3.63) is 94.3 Å². The van der Waals surface area contributed by atoms with E-state index in [0.717, 1.165) is 17.2 Å². The summed E-state index contributed by atoms with van der Waals surface area (Å²) in [5, 5.41) is 8.89. The van der Waals surface area contributed by atoms with Crippen LogP contribution in [0.5, 0.6) is 17.2 Å². The molecular weight excluding hydrogens is 707 g/mol. The van der Waals surface area contributed by atoms with Crippen molar-refractivity contribution >= 4 is 34.1 Å². The summed E-state index contributed by atoms with van der Waals surface area (Å²) in [4.78, 5) is 15.4. The maximum Gasteiger partial charge on any atom is 0.418 e. The highest BCUT2D eigenvalue weighted by atomic mass is 35.5. The van der Waals surface area contributed by atoms with Crippen LogP contribution in [0, 0.1) is 29.1 Å². The number of aromatic nitrogens is 3. The topological polar surface area (TPSA) is 96.6 Å². The number of halogens is 6. The molecular formula is C37H32ClF5N6O3. The van der Waals surface area contributed by atoms with E-state index in [4.69, 9.17) is 25.8 Å². The van der Waals surface area contributed by atoms with Crippen molar-refractivity contribution in [2.75, 3.05) is 44.2 Å². The van der Waals surface area contributed by atoms with Gasteiger partial charge in [0, 0.05) is 37.5 Å². The average molecular weight is 739 g/mol. The number of anilines is 2. The number of ether oxygens (including phenoxy) is 3. The van der Waals surface area contributed by atoms with Gasteiger partial charge in [-0.05, 0) is 60.4 Å². The van der Waals surface area contributed by atoms with Crippen molar-refractivity contribution in [2.24, 2.45) is 5.92 Å². The summed E-state index contributed by atoms with van der Waals surface area (Å²) in [7, 11) is 4.27. The lowest BCUT2D eigenvalue weighted by Gasteiger charge is -2.31. The largest absolute Gasteiger partial charge is 0.497 e. The van der Waals surface area contributed by atoms with Gasteiger partial charge >= 0.3 is 12.3 Å². The van der Waals surface area contributed by atoms with Crippen LogP contribution in [0.1, 0.15) is 29.5 Å². The third kappa shape index (κ3) is 7.45. The minimum absolute atomic E-state index is 0.00555. The molecule has 270 valence electrons. The number of benzene rings is 3. The van der Waals surface area contributed by atoms with Crippen LogP contribution in [0.15, 0.2) is 60.7 Å². The van der Waals surface area contributed by atoms with Crippen LogP contribution in [0.3, 0.4) is 0 Å². The van der Waals surface area contributed by atoms with E-state index in [0.29, 0.717) is 37.4 Å². The zero-order valence-corrected chi connectivity index (χ0v) is 29.0. The van der Waals surface area contributed by atoms with E-state index in [1.165, 1.54) is 27.4 Å². The first kappa shape index (κ1) is 36.4. The van der Waals surface area contributed by atoms with Crippen molar-refractivity contribution in [2.45, 2.75) is 32.1 Å². The van der Waals surface area contributed by atoms with E-state index in [9.17, 15) is 22.8 Å². The van der Waals surface area contributed by atoms with Gasteiger partial charge in [0.25, 0.3) is 0 Å². The van der Waals surface area contributed by atoms with Crippen molar-refractivity contribution in [1.29, 1.82) is 5.26 Å². The highest BCUT2D eigenvalue weighted by Crippen LogP contribution is 2.46. The Morgan fingerprint density at radius 3 is 1.94 bits per heavy atom. The van der Waals surface area contributed by atoms with Gasteiger partial charge in [-0.25, -0.2) is 9.37 Å². The minimum Gasteiger partial charge on any atom is -0.497 e. The lowest BCUT2D eigenvalue weighted by atomic mass is 9.98. The summed E-state index contributed by atoms with van der Waals surface area (Å²) in [6.45, 7) is 0.931. The summed E-state index contributed by atoms with van der Waals surface area (Å²) >= 11 is 6.66. The molecule has 0 amide bonds. The fraction of sp³-hybridized carbons (Fsp3) is 0.297. The van der Waals surface area contributed by atoms with Crippen LogP contribution in [0.2, 0.25) is 5.02 Å². The SMILES string of the molecule is COc1ccc(CN(Cc2ccc(OC)cc2)c2nc(-c3c(Cl)cc4c(N5CCC(C#N)CC5)nc(F)nc4c3F)c(C(F)(F)F)cc2OC)cc1. The second-order valence-corrected chi connectivity index (χ2v) is 12.5. The number of fused-ring (bicyclic) bond motifs is 1. The fourth-order valence-corrected chi connectivity index (χ4v) is 6.49. The third-order valence-electron chi connectivity index (χ3n) is 8.91. The molecule has 52 heavy (non-hydrogen) atoms. The molecule has 0 spiro atoms. The maximum atomic E-state index is 16.7. The Hall–Kier alpha value is -5.42. The van der Waals surface area contributed by atoms with Crippen LogP contribution in [0.25, 0.3) is 22.2 Å². The second kappa shape index (κ2) is 15.1. The van der Waals surface area contributed by atoms with Crippen molar-refractivity contribution in [1.82, 2.24) is 15.0 Å². The summed E-state index contributed by atoms with van der Waals surface area (Å²) < 4.78 is 92.1. The van der Waals surface area contributed by atoms with Gasteiger partial charge in [0.15, 0.2) is 17.4 Å². The minimum atomic E-state index is -5.04. The van der Waals surface area contributed by atoms with E-state index in [1.54, 1.807) is 58.3 Å². The molecule has 1 saturated heterocycles. The highest BCUT2D eigenvalue weighted by molar-refractivity contribution is 6.34. The molecule has 2 aromatic heterocycles. The highest BCUT2D eigenvalue weighted by Gasteiger charge is 2.39. The van der Waals surface area contributed by atoms with Crippen LogP contribution >= 0.6 is 11.6 Å². The lowest BCUT2D eigenvalue weighted by molar-refractivity contribution is -0.137. The molecule has 1 aliphatic heterocycles. The molecule has 1 aliphatic rings. The van der Waals surface area contributed by atoms with E-state index in [1.807, 2.05) is 0 Å². The summed E-state index contributed by atoms with van der Waals surface area (Å²) in [6.07, 6.45) is -5.38. The van der Waals surface area contributed by atoms with E-state index >= 15 is 4.39 Å². The molecule has 1 fully saturated rings. The first-order valence-electron chi connectivity index (χ1n) is 16.1. The molecule has 0 radical (unpaired) electrons. The zero-order chi connectivity index (χ0) is 37.2. The summed E-state index contributed by atoms with van der Waals surface area (Å²) in [5.41, 5.74) is -1.93. The number of methoxy groups -OCH3 is 3. The van der Waals surface area contributed by atoms with Crippen molar-refractivity contribution < 1.29 is 36.2 Å². The molecule has 3 aromatic carbocycles. The molecule has 3 heterocycles. The molecule has 0 N–H and O–H groups in total. The molecule has 0 atom stereocenters. The lowest BCUT2D eigenvalue weighted by Crippen LogP contribution is -2.34. The van der Waals surface area contributed by atoms with Crippen LogP contribution in [-0.4, -0.2) is 49.4 Å². The van der Waals surface area contributed by atoms with E-state index in [-0.39, 0.29) is 41.8 Å². The Morgan fingerprint density at radius 2 is 1.44 bits per heavy atom. The van der Waals surface area contributed by atoms with Gasteiger partial charge in [-0.1, -0.05) is 35.9 Å². The number of piperidine rings is 1.